The molecule has 1 aromatic carbocycles. The first kappa shape index (κ1) is 14.7. The van der Waals surface area contributed by atoms with E-state index in [1.54, 1.807) is 0 Å². The Morgan fingerprint density at radius 3 is 2.80 bits per heavy atom. The zero-order chi connectivity index (χ0) is 14.8. The maximum atomic E-state index is 11.5. The van der Waals surface area contributed by atoms with Gasteiger partial charge in [-0.15, -0.1) is 0 Å². The van der Waals surface area contributed by atoms with Gasteiger partial charge >= 0.3 is 0 Å². The molecule has 1 heterocycles. The number of nitro benzene ring substituents is 1. The van der Waals surface area contributed by atoms with Gasteiger partial charge in [0.2, 0.25) is 10.0 Å². The van der Waals surface area contributed by atoms with Crippen LogP contribution in [0.1, 0.15) is 6.42 Å². The zero-order valence-corrected chi connectivity index (χ0v) is 11.3. The van der Waals surface area contributed by atoms with Crippen LogP contribution in [0.4, 0.5) is 5.69 Å². The number of hydrogen-bond donors (Lipinski definition) is 1. The highest BCUT2D eigenvalue weighted by Gasteiger charge is 2.22. The summed E-state index contributed by atoms with van der Waals surface area (Å²) in [6.07, 6.45) is 0.831. The third-order valence-electron chi connectivity index (χ3n) is 2.94. The lowest BCUT2D eigenvalue weighted by Gasteiger charge is -2.12. The van der Waals surface area contributed by atoms with Crippen LogP contribution in [0, 0.1) is 16.0 Å². The minimum Gasteiger partial charge on any atom is -0.492 e. The Balaban J connectivity index is 2.24. The Labute approximate surface area is 115 Å². The van der Waals surface area contributed by atoms with Crippen LogP contribution in [0.5, 0.6) is 5.75 Å². The van der Waals surface area contributed by atoms with Crippen LogP contribution in [0.25, 0.3) is 0 Å². The molecule has 1 aromatic rings. The van der Waals surface area contributed by atoms with Crippen molar-refractivity contribution in [1.82, 2.24) is 0 Å². The van der Waals surface area contributed by atoms with E-state index in [0.29, 0.717) is 13.2 Å². The number of rotatable bonds is 5. The van der Waals surface area contributed by atoms with Gasteiger partial charge in [-0.2, -0.15) is 0 Å². The van der Waals surface area contributed by atoms with Crippen molar-refractivity contribution in [1.29, 1.82) is 0 Å². The van der Waals surface area contributed by atoms with Gasteiger partial charge in [-0.25, -0.2) is 13.6 Å². The number of non-ortho nitro benzene ring substituents is 1. The highest BCUT2D eigenvalue weighted by atomic mass is 32.2. The number of nitro groups is 1. The number of benzene rings is 1. The predicted octanol–water partition coefficient (Wildman–Crippen LogP) is 0.658. The molecule has 2 rings (SSSR count). The summed E-state index contributed by atoms with van der Waals surface area (Å²) in [6, 6.07) is 3.32. The Morgan fingerprint density at radius 1 is 1.50 bits per heavy atom. The molecule has 0 radical (unpaired) electrons. The molecule has 0 saturated carbocycles. The Bertz CT molecular complexity index is 609. The van der Waals surface area contributed by atoms with Crippen LogP contribution in [0.15, 0.2) is 23.1 Å². The molecule has 1 saturated heterocycles. The number of nitrogens with two attached hydrogens (primary N) is 1. The van der Waals surface area contributed by atoms with E-state index in [4.69, 9.17) is 14.6 Å². The van der Waals surface area contributed by atoms with Crippen molar-refractivity contribution in [2.24, 2.45) is 11.1 Å². The van der Waals surface area contributed by atoms with Crippen molar-refractivity contribution in [3.8, 4) is 5.75 Å². The highest BCUT2D eigenvalue weighted by Crippen LogP contribution is 2.28. The number of hydrogen-bond acceptors (Lipinski definition) is 6. The molecule has 8 nitrogen and oxygen atoms in total. The third-order valence-corrected chi connectivity index (χ3v) is 3.88. The van der Waals surface area contributed by atoms with Gasteiger partial charge in [-0.3, -0.25) is 10.1 Å². The normalized spacial score (nSPS) is 18.9. The summed E-state index contributed by atoms with van der Waals surface area (Å²) in [4.78, 5) is 9.60. The second-order valence-corrected chi connectivity index (χ2v) is 6.00. The van der Waals surface area contributed by atoms with Gasteiger partial charge in [0, 0.05) is 24.7 Å². The van der Waals surface area contributed by atoms with Crippen molar-refractivity contribution >= 4 is 15.7 Å². The van der Waals surface area contributed by atoms with E-state index >= 15 is 0 Å². The van der Waals surface area contributed by atoms with Crippen molar-refractivity contribution in [3.63, 3.8) is 0 Å². The monoisotopic (exact) mass is 302 g/mol. The topological polar surface area (TPSA) is 122 Å². The fraction of sp³-hybridized carbons (Fsp3) is 0.455. The second kappa shape index (κ2) is 5.73. The molecule has 1 atom stereocenters. The standard InChI is InChI=1S/C11H14N2O6S/c12-20(16,17)11-5-9(13(14)15)1-2-10(11)19-7-8-3-4-18-6-8/h1-2,5,8H,3-4,6-7H2,(H2,12,16,17). The first-order chi connectivity index (χ1) is 9.38. The minimum absolute atomic E-state index is 0.0185. The Kier molecular flexibility index (Phi) is 4.21. The van der Waals surface area contributed by atoms with E-state index in [1.165, 1.54) is 12.1 Å². The number of sulfonamides is 1. The van der Waals surface area contributed by atoms with E-state index in [1.807, 2.05) is 0 Å². The van der Waals surface area contributed by atoms with Gasteiger partial charge in [-0.1, -0.05) is 0 Å². The quantitative estimate of drug-likeness (QED) is 0.629. The van der Waals surface area contributed by atoms with Crippen molar-refractivity contribution in [2.75, 3.05) is 19.8 Å². The molecule has 0 spiro atoms. The molecule has 0 aliphatic carbocycles. The molecular weight excluding hydrogens is 288 g/mol. The molecule has 20 heavy (non-hydrogen) atoms. The minimum atomic E-state index is -4.10. The first-order valence-corrected chi connectivity index (χ1v) is 7.44. The predicted molar refractivity (Wildman–Crippen MR) is 68.9 cm³/mol. The molecule has 1 unspecified atom stereocenters. The molecule has 0 aromatic heterocycles. The lowest BCUT2D eigenvalue weighted by Crippen LogP contribution is -2.17. The number of primary sulfonamides is 1. The summed E-state index contributed by atoms with van der Waals surface area (Å²) in [5.41, 5.74) is -0.356. The SMILES string of the molecule is NS(=O)(=O)c1cc([N+](=O)[O-])ccc1OCC1CCOC1. The lowest BCUT2D eigenvalue weighted by molar-refractivity contribution is -0.385. The fourth-order valence-electron chi connectivity index (χ4n) is 1.87. The van der Waals surface area contributed by atoms with E-state index in [9.17, 15) is 18.5 Å². The molecule has 1 aliphatic heterocycles. The van der Waals surface area contributed by atoms with E-state index in [0.717, 1.165) is 12.5 Å². The molecule has 0 bridgehead atoms. The summed E-state index contributed by atoms with van der Waals surface area (Å²) in [7, 11) is -4.10. The van der Waals surface area contributed by atoms with Gasteiger partial charge < -0.3 is 9.47 Å². The second-order valence-electron chi connectivity index (χ2n) is 4.47. The van der Waals surface area contributed by atoms with Crippen LogP contribution < -0.4 is 9.88 Å². The molecule has 110 valence electrons. The fourth-order valence-corrected chi connectivity index (χ4v) is 2.57. The van der Waals surface area contributed by atoms with Crippen LogP contribution >= 0.6 is 0 Å². The molecule has 1 aliphatic rings. The third kappa shape index (κ3) is 3.44. The van der Waals surface area contributed by atoms with Crippen molar-refractivity contribution in [3.05, 3.63) is 28.3 Å². The van der Waals surface area contributed by atoms with E-state index in [-0.39, 0.29) is 28.9 Å². The zero-order valence-electron chi connectivity index (χ0n) is 10.5. The van der Waals surface area contributed by atoms with Gasteiger partial charge in [0.05, 0.1) is 18.1 Å². The largest absolute Gasteiger partial charge is 0.492 e. The molecule has 2 N–H and O–H groups in total. The van der Waals surface area contributed by atoms with Crippen LogP contribution in [-0.2, 0) is 14.8 Å². The average molecular weight is 302 g/mol. The first-order valence-electron chi connectivity index (χ1n) is 5.89. The molecule has 0 amide bonds. The molecule has 1 fully saturated rings. The summed E-state index contributed by atoms with van der Waals surface area (Å²) in [5, 5.41) is 15.7. The molecular formula is C11H14N2O6S. The average Bonchev–Trinajstić information content (AvgIpc) is 2.88. The number of ether oxygens (including phenoxy) is 2. The lowest BCUT2D eigenvalue weighted by atomic mass is 10.1. The maximum absolute atomic E-state index is 11.5. The maximum Gasteiger partial charge on any atom is 0.271 e. The highest BCUT2D eigenvalue weighted by molar-refractivity contribution is 7.89. The number of nitrogens with zero attached hydrogens (tertiary/aromatic N) is 1. The van der Waals surface area contributed by atoms with E-state index < -0.39 is 14.9 Å². The van der Waals surface area contributed by atoms with Crippen molar-refractivity contribution < 1.29 is 22.8 Å². The Morgan fingerprint density at radius 2 is 2.25 bits per heavy atom. The van der Waals surface area contributed by atoms with E-state index in [2.05, 4.69) is 0 Å². The van der Waals surface area contributed by atoms with Gasteiger partial charge in [0.25, 0.3) is 5.69 Å². The van der Waals surface area contributed by atoms with Crippen LogP contribution in [0.3, 0.4) is 0 Å². The van der Waals surface area contributed by atoms with Crippen molar-refractivity contribution in [2.45, 2.75) is 11.3 Å². The molecule has 9 heteroatoms. The van der Waals surface area contributed by atoms with Crippen LogP contribution in [-0.4, -0.2) is 33.2 Å². The van der Waals surface area contributed by atoms with Gasteiger partial charge in [0.1, 0.15) is 10.6 Å². The summed E-state index contributed by atoms with van der Waals surface area (Å²) < 4.78 is 33.6. The van der Waals surface area contributed by atoms with Gasteiger partial charge in [0.15, 0.2) is 0 Å². The summed E-state index contributed by atoms with van der Waals surface area (Å²) >= 11 is 0. The smallest absolute Gasteiger partial charge is 0.271 e. The van der Waals surface area contributed by atoms with Crippen LogP contribution in [0.2, 0.25) is 0 Å². The summed E-state index contributed by atoms with van der Waals surface area (Å²) in [5.74, 6) is 0.198. The Hall–Kier alpha value is -1.71. The van der Waals surface area contributed by atoms with Gasteiger partial charge in [-0.05, 0) is 12.5 Å². The summed E-state index contributed by atoms with van der Waals surface area (Å²) in [6.45, 7) is 1.48.